The van der Waals surface area contributed by atoms with Crippen LogP contribution in [0.25, 0.3) is 0 Å². The molecule has 0 amide bonds. The first kappa shape index (κ1) is 13.3. The summed E-state index contributed by atoms with van der Waals surface area (Å²) in [6, 6.07) is 4.62. The molecule has 0 aromatic heterocycles. The zero-order valence-electron chi connectivity index (χ0n) is 11.0. The van der Waals surface area contributed by atoms with Crippen LogP contribution in [0.4, 0.5) is 4.39 Å². The number of hydrogen-bond acceptors (Lipinski definition) is 3. The van der Waals surface area contributed by atoms with Crippen LogP contribution in [-0.4, -0.2) is 32.1 Å². The van der Waals surface area contributed by atoms with E-state index >= 15 is 0 Å². The summed E-state index contributed by atoms with van der Waals surface area (Å²) in [5.74, 6) is 1.24. The Hall–Kier alpha value is -1.13. The number of halogens is 1. The van der Waals surface area contributed by atoms with Crippen molar-refractivity contribution in [3.05, 3.63) is 29.6 Å². The third kappa shape index (κ3) is 3.00. The van der Waals surface area contributed by atoms with Gasteiger partial charge in [0.2, 0.25) is 0 Å². The first-order chi connectivity index (χ1) is 8.65. The monoisotopic (exact) mass is 252 g/mol. The third-order valence-corrected chi connectivity index (χ3v) is 3.55. The summed E-state index contributed by atoms with van der Waals surface area (Å²) in [6.45, 7) is 1.48. The van der Waals surface area contributed by atoms with Crippen LogP contribution >= 0.6 is 0 Å². The number of hydrogen-bond donors (Lipinski definition) is 1. The van der Waals surface area contributed by atoms with E-state index in [0.29, 0.717) is 12.3 Å². The van der Waals surface area contributed by atoms with Gasteiger partial charge in [-0.2, -0.15) is 0 Å². The molecule has 100 valence electrons. The Balaban J connectivity index is 2.21. The van der Waals surface area contributed by atoms with Crippen LogP contribution in [0.15, 0.2) is 18.2 Å². The van der Waals surface area contributed by atoms with E-state index in [-0.39, 0.29) is 11.9 Å². The molecule has 0 spiro atoms. The topological polar surface area (TPSA) is 38.5 Å². The highest BCUT2D eigenvalue weighted by atomic mass is 19.1. The van der Waals surface area contributed by atoms with Gasteiger partial charge in [0.15, 0.2) is 0 Å². The van der Waals surface area contributed by atoms with Crippen molar-refractivity contribution in [2.45, 2.75) is 18.9 Å². The Morgan fingerprint density at radius 3 is 2.78 bits per heavy atom. The Kier molecular flexibility index (Phi) is 4.19. The van der Waals surface area contributed by atoms with Gasteiger partial charge in [-0.05, 0) is 44.0 Å². The quantitative estimate of drug-likeness (QED) is 0.843. The smallest absolute Gasteiger partial charge is 0.123 e. The van der Waals surface area contributed by atoms with Crippen LogP contribution in [0.3, 0.4) is 0 Å². The molecular formula is C14H21FN2O. The van der Waals surface area contributed by atoms with E-state index in [1.54, 1.807) is 13.2 Å². The SMILES string of the molecule is COc1ccc(F)cc1C(CN)N(C)CC1CC1. The molecule has 1 fully saturated rings. The Labute approximate surface area is 108 Å². The molecule has 1 saturated carbocycles. The molecule has 2 rings (SSSR count). The maximum atomic E-state index is 13.4. The average Bonchev–Trinajstić information content (AvgIpc) is 3.14. The van der Waals surface area contributed by atoms with Crippen molar-refractivity contribution in [2.75, 3.05) is 27.2 Å². The number of methoxy groups -OCH3 is 1. The molecule has 0 aliphatic heterocycles. The molecule has 1 unspecified atom stereocenters. The minimum absolute atomic E-state index is 0.0104. The maximum absolute atomic E-state index is 13.4. The fraction of sp³-hybridized carbons (Fsp3) is 0.571. The largest absolute Gasteiger partial charge is 0.496 e. The minimum atomic E-state index is -0.246. The number of nitrogens with zero attached hydrogens (tertiary/aromatic N) is 1. The van der Waals surface area contributed by atoms with E-state index in [1.165, 1.54) is 25.0 Å². The number of rotatable bonds is 6. The van der Waals surface area contributed by atoms with Gasteiger partial charge in [-0.25, -0.2) is 4.39 Å². The van der Waals surface area contributed by atoms with Gasteiger partial charge < -0.3 is 10.5 Å². The third-order valence-electron chi connectivity index (χ3n) is 3.55. The summed E-state index contributed by atoms with van der Waals surface area (Å²) >= 11 is 0. The molecule has 2 N–H and O–H groups in total. The molecule has 0 radical (unpaired) electrons. The summed E-state index contributed by atoms with van der Waals surface area (Å²) in [4.78, 5) is 2.20. The van der Waals surface area contributed by atoms with Gasteiger partial charge in [-0.3, -0.25) is 4.90 Å². The van der Waals surface area contributed by atoms with E-state index in [1.807, 2.05) is 7.05 Å². The predicted octanol–water partition coefficient (Wildman–Crippen LogP) is 2.18. The normalized spacial score (nSPS) is 16.9. The lowest BCUT2D eigenvalue weighted by molar-refractivity contribution is 0.234. The molecule has 0 saturated heterocycles. The Morgan fingerprint density at radius 2 is 2.22 bits per heavy atom. The van der Waals surface area contributed by atoms with Crippen LogP contribution in [0.1, 0.15) is 24.4 Å². The van der Waals surface area contributed by atoms with Gasteiger partial charge in [-0.15, -0.1) is 0 Å². The lowest BCUT2D eigenvalue weighted by Gasteiger charge is -2.28. The van der Waals surface area contributed by atoms with Gasteiger partial charge in [0, 0.05) is 18.7 Å². The van der Waals surface area contributed by atoms with E-state index in [4.69, 9.17) is 10.5 Å². The zero-order chi connectivity index (χ0) is 13.1. The minimum Gasteiger partial charge on any atom is -0.496 e. The molecule has 18 heavy (non-hydrogen) atoms. The Morgan fingerprint density at radius 1 is 1.50 bits per heavy atom. The van der Waals surface area contributed by atoms with Crippen molar-refractivity contribution >= 4 is 0 Å². The van der Waals surface area contributed by atoms with Crippen LogP contribution < -0.4 is 10.5 Å². The van der Waals surface area contributed by atoms with E-state index in [0.717, 1.165) is 18.0 Å². The second kappa shape index (κ2) is 5.67. The number of benzene rings is 1. The van der Waals surface area contributed by atoms with Crippen molar-refractivity contribution in [2.24, 2.45) is 11.7 Å². The van der Waals surface area contributed by atoms with Crippen molar-refractivity contribution in [3.8, 4) is 5.75 Å². The highest BCUT2D eigenvalue weighted by molar-refractivity contribution is 5.36. The standard InChI is InChI=1S/C14H21FN2O/c1-17(9-10-3-4-10)13(8-16)12-7-11(15)5-6-14(12)18-2/h5-7,10,13H,3-4,8-9,16H2,1-2H3. The van der Waals surface area contributed by atoms with Gasteiger partial charge >= 0.3 is 0 Å². The van der Waals surface area contributed by atoms with Crippen molar-refractivity contribution < 1.29 is 9.13 Å². The van der Waals surface area contributed by atoms with Gasteiger partial charge in [0.1, 0.15) is 11.6 Å². The zero-order valence-corrected chi connectivity index (χ0v) is 11.0. The van der Waals surface area contributed by atoms with Crippen LogP contribution in [0.5, 0.6) is 5.75 Å². The molecule has 1 atom stereocenters. The summed E-state index contributed by atoms with van der Waals surface area (Å²) < 4.78 is 18.7. The van der Waals surface area contributed by atoms with E-state index < -0.39 is 0 Å². The molecule has 0 bridgehead atoms. The van der Waals surface area contributed by atoms with Gasteiger partial charge in [0.05, 0.1) is 13.2 Å². The summed E-state index contributed by atoms with van der Waals surface area (Å²) in [6.07, 6.45) is 2.59. The van der Waals surface area contributed by atoms with Crippen molar-refractivity contribution in [1.82, 2.24) is 4.90 Å². The second-order valence-corrected chi connectivity index (χ2v) is 5.02. The van der Waals surface area contributed by atoms with Crippen LogP contribution in [0, 0.1) is 11.7 Å². The molecule has 3 nitrogen and oxygen atoms in total. The van der Waals surface area contributed by atoms with Gasteiger partial charge in [0.25, 0.3) is 0 Å². The van der Waals surface area contributed by atoms with Crippen LogP contribution in [0.2, 0.25) is 0 Å². The average molecular weight is 252 g/mol. The molecule has 1 aliphatic rings. The lowest BCUT2D eigenvalue weighted by atomic mass is 10.0. The molecule has 0 heterocycles. The highest BCUT2D eigenvalue weighted by Crippen LogP contribution is 2.34. The van der Waals surface area contributed by atoms with E-state index in [2.05, 4.69) is 4.90 Å². The number of likely N-dealkylation sites (N-methyl/N-ethyl adjacent to an activating group) is 1. The predicted molar refractivity (Wildman–Crippen MR) is 70.1 cm³/mol. The lowest BCUT2D eigenvalue weighted by Crippen LogP contribution is -2.32. The van der Waals surface area contributed by atoms with Crippen molar-refractivity contribution in [3.63, 3.8) is 0 Å². The molecule has 1 aromatic carbocycles. The fourth-order valence-corrected chi connectivity index (χ4v) is 2.34. The number of ether oxygens (including phenoxy) is 1. The number of nitrogens with two attached hydrogens (primary N) is 1. The fourth-order valence-electron chi connectivity index (χ4n) is 2.34. The van der Waals surface area contributed by atoms with Crippen LogP contribution in [-0.2, 0) is 0 Å². The molecule has 1 aliphatic carbocycles. The first-order valence-corrected chi connectivity index (χ1v) is 6.39. The summed E-state index contributed by atoms with van der Waals surface area (Å²) in [5, 5.41) is 0. The molecule has 4 heteroatoms. The molecular weight excluding hydrogens is 231 g/mol. The maximum Gasteiger partial charge on any atom is 0.123 e. The molecule has 1 aromatic rings. The summed E-state index contributed by atoms with van der Waals surface area (Å²) in [5.41, 5.74) is 6.69. The highest BCUT2D eigenvalue weighted by Gasteiger charge is 2.27. The van der Waals surface area contributed by atoms with E-state index in [9.17, 15) is 4.39 Å². The van der Waals surface area contributed by atoms with Crippen molar-refractivity contribution in [1.29, 1.82) is 0 Å². The first-order valence-electron chi connectivity index (χ1n) is 6.39. The van der Waals surface area contributed by atoms with Gasteiger partial charge in [-0.1, -0.05) is 0 Å². The Bertz CT molecular complexity index is 407. The summed E-state index contributed by atoms with van der Waals surface area (Å²) in [7, 11) is 3.64. The second-order valence-electron chi connectivity index (χ2n) is 5.02.